The molecule has 0 aromatic carbocycles. The monoisotopic (exact) mass is 388 g/mol. The van der Waals surface area contributed by atoms with Gasteiger partial charge in [0.2, 0.25) is 5.88 Å². The van der Waals surface area contributed by atoms with Gasteiger partial charge in [-0.2, -0.15) is 0 Å². The van der Waals surface area contributed by atoms with Crippen molar-refractivity contribution in [3.8, 4) is 5.88 Å². The van der Waals surface area contributed by atoms with Crippen LogP contribution in [-0.4, -0.2) is 53.7 Å². The highest BCUT2D eigenvalue weighted by molar-refractivity contribution is 7.14. The number of nitrogens with zero attached hydrogens (tertiary/aromatic N) is 2. The van der Waals surface area contributed by atoms with E-state index in [0.29, 0.717) is 48.9 Å². The van der Waals surface area contributed by atoms with Crippen LogP contribution in [0.1, 0.15) is 43.3 Å². The van der Waals surface area contributed by atoms with Crippen molar-refractivity contribution in [2.75, 3.05) is 26.8 Å². The van der Waals surface area contributed by atoms with Crippen LogP contribution in [0.5, 0.6) is 5.88 Å². The van der Waals surface area contributed by atoms with E-state index in [1.54, 1.807) is 24.4 Å². The van der Waals surface area contributed by atoms with Crippen molar-refractivity contribution in [2.45, 2.75) is 24.9 Å². The molecule has 4 heterocycles. The van der Waals surface area contributed by atoms with E-state index in [1.807, 2.05) is 4.90 Å². The molecule has 142 valence electrons. The second-order valence-electron chi connectivity index (χ2n) is 6.74. The zero-order chi connectivity index (χ0) is 19.0. The standard InChI is InChI=1S/C19H20N2O5S/c1-25-15-11-13(2-6-20-15)17(22)21-7-4-19(5-8-21)16-12(3-9-26-19)10-14(27-16)18(23)24/h2,6,10-11H,3-5,7-9H2,1H3,(H,23,24). The smallest absolute Gasteiger partial charge is 0.345 e. The number of aromatic carboxylic acids is 1. The lowest BCUT2D eigenvalue weighted by atomic mass is 9.85. The Morgan fingerprint density at radius 1 is 1.33 bits per heavy atom. The first-order chi connectivity index (χ1) is 13.0. The molecule has 1 amide bonds. The van der Waals surface area contributed by atoms with Gasteiger partial charge in [-0.05, 0) is 37.0 Å². The van der Waals surface area contributed by atoms with Gasteiger partial charge in [-0.15, -0.1) is 11.3 Å². The third-order valence-corrected chi connectivity index (χ3v) is 6.58. The van der Waals surface area contributed by atoms with Gasteiger partial charge in [-0.1, -0.05) is 0 Å². The number of carbonyl (C=O) groups is 2. The average Bonchev–Trinajstić information content (AvgIpc) is 3.15. The number of hydrogen-bond acceptors (Lipinski definition) is 6. The fourth-order valence-corrected chi connectivity index (χ4v) is 5.06. The molecule has 27 heavy (non-hydrogen) atoms. The number of rotatable bonds is 3. The van der Waals surface area contributed by atoms with Crippen LogP contribution in [0, 0.1) is 0 Å². The van der Waals surface area contributed by atoms with E-state index in [2.05, 4.69) is 4.98 Å². The van der Waals surface area contributed by atoms with Crippen molar-refractivity contribution in [2.24, 2.45) is 0 Å². The van der Waals surface area contributed by atoms with E-state index in [1.165, 1.54) is 18.4 Å². The van der Waals surface area contributed by atoms with Crippen LogP contribution < -0.4 is 4.74 Å². The molecule has 1 N–H and O–H groups in total. The summed E-state index contributed by atoms with van der Waals surface area (Å²) in [6, 6.07) is 5.09. The number of carboxylic acids is 1. The molecule has 8 heteroatoms. The summed E-state index contributed by atoms with van der Waals surface area (Å²) in [5.74, 6) is -0.544. The topological polar surface area (TPSA) is 89.0 Å². The molecule has 0 unspecified atom stereocenters. The molecule has 7 nitrogen and oxygen atoms in total. The van der Waals surface area contributed by atoms with Crippen LogP contribution in [0.15, 0.2) is 24.4 Å². The fraction of sp³-hybridized carbons (Fsp3) is 0.421. The Hall–Kier alpha value is -2.45. The normalized spacial score (nSPS) is 18.2. The van der Waals surface area contributed by atoms with Crippen LogP contribution in [-0.2, 0) is 16.8 Å². The maximum atomic E-state index is 12.8. The number of hydrogen-bond donors (Lipinski definition) is 1. The van der Waals surface area contributed by atoms with Gasteiger partial charge < -0.3 is 19.5 Å². The zero-order valence-electron chi connectivity index (χ0n) is 14.9. The number of fused-ring (bicyclic) bond motifs is 2. The molecule has 4 rings (SSSR count). The van der Waals surface area contributed by atoms with E-state index < -0.39 is 11.6 Å². The molecule has 0 saturated carbocycles. The largest absolute Gasteiger partial charge is 0.481 e. The number of aromatic nitrogens is 1. The summed E-state index contributed by atoms with van der Waals surface area (Å²) in [6.07, 6.45) is 3.62. The van der Waals surface area contributed by atoms with Gasteiger partial charge in [0.05, 0.1) is 13.7 Å². The lowest BCUT2D eigenvalue weighted by Crippen LogP contribution is -2.47. The van der Waals surface area contributed by atoms with Crippen molar-refractivity contribution < 1.29 is 24.2 Å². The Labute approximate surface area is 160 Å². The number of likely N-dealkylation sites (tertiary alicyclic amines) is 1. The molecule has 0 bridgehead atoms. The highest BCUT2D eigenvalue weighted by Gasteiger charge is 2.43. The molecule has 2 aliphatic rings. The Morgan fingerprint density at radius 3 is 2.81 bits per heavy atom. The lowest BCUT2D eigenvalue weighted by molar-refractivity contribution is -0.0906. The highest BCUT2D eigenvalue weighted by Crippen LogP contribution is 2.45. The number of pyridine rings is 1. The van der Waals surface area contributed by atoms with Gasteiger partial charge in [0, 0.05) is 35.8 Å². The summed E-state index contributed by atoms with van der Waals surface area (Å²) in [5, 5.41) is 9.31. The maximum Gasteiger partial charge on any atom is 0.345 e. The Bertz CT molecular complexity index is 886. The van der Waals surface area contributed by atoms with Crippen LogP contribution in [0.4, 0.5) is 0 Å². The van der Waals surface area contributed by atoms with Gasteiger partial charge in [0.1, 0.15) is 10.5 Å². The molecule has 2 aromatic heterocycles. The van der Waals surface area contributed by atoms with Crippen LogP contribution in [0.3, 0.4) is 0 Å². The summed E-state index contributed by atoms with van der Waals surface area (Å²) >= 11 is 1.31. The van der Waals surface area contributed by atoms with Gasteiger partial charge in [0.25, 0.3) is 5.91 Å². The minimum Gasteiger partial charge on any atom is -0.481 e. The summed E-state index contributed by atoms with van der Waals surface area (Å²) in [4.78, 5) is 31.4. The maximum absolute atomic E-state index is 12.8. The minimum atomic E-state index is -0.899. The van der Waals surface area contributed by atoms with Gasteiger partial charge in [0.15, 0.2) is 0 Å². The van der Waals surface area contributed by atoms with Crippen molar-refractivity contribution in [3.63, 3.8) is 0 Å². The molecule has 2 aliphatic heterocycles. The first-order valence-electron chi connectivity index (χ1n) is 8.82. The number of amides is 1. The van der Waals surface area contributed by atoms with Crippen molar-refractivity contribution in [1.29, 1.82) is 0 Å². The predicted molar refractivity (Wildman–Crippen MR) is 98.5 cm³/mol. The summed E-state index contributed by atoms with van der Waals surface area (Å²) < 4.78 is 11.2. The molecule has 0 radical (unpaired) electrons. The minimum absolute atomic E-state index is 0.0565. The summed E-state index contributed by atoms with van der Waals surface area (Å²) in [7, 11) is 1.52. The second kappa shape index (κ2) is 6.94. The van der Waals surface area contributed by atoms with Gasteiger partial charge in [-0.3, -0.25) is 4.79 Å². The predicted octanol–water partition coefficient (Wildman–Crippen LogP) is 2.55. The average molecular weight is 388 g/mol. The molecular formula is C19H20N2O5S. The molecule has 1 spiro atoms. The van der Waals surface area contributed by atoms with E-state index in [-0.39, 0.29) is 5.91 Å². The van der Waals surface area contributed by atoms with Gasteiger partial charge >= 0.3 is 5.97 Å². The van der Waals surface area contributed by atoms with Crippen molar-refractivity contribution in [1.82, 2.24) is 9.88 Å². The number of ether oxygens (including phenoxy) is 2. The third kappa shape index (κ3) is 3.19. The highest BCUT2D eigenvalue weighted by atomic mass is 32.1. The number of carboxylic acid groups (broad SMARTS) is 1. The summed E-state index contributed by atoms with van der Waals surface area (Å²) in [5.41, 5.74) is 1.15. The number of piperidine rings is 1. The zero-order valence-corrected chi connectivity index (χ0v) is 15.8. The SMILES string of the molecule is COc1cc(C(=O)N2CCC3(CC2)OCCc2cc(C(=O)O)sc23)ccn1. The molecule has 0 atom stereocenters. The van der Waals surface area contributed by atoms with Crippen LogP contribution in [0.25, 0.3) is 0 Å². The number of methoxy groups -OCH3 is 1. The van der Waals surface area contributed by atoms with E-state index in [4.69, 9.17) is 9.47 Å². The Kier molecular flexibility index (Phi) is 4.61. The number of thiophene rings is 1. The quantitative estimate of drug-likeness (QED) is 0.869. The van der Waals surface area contributed by atoms with Crippen molar-refractivity contribution >= 4 is 23.2 Å². The van der Waals surface area contributed by atoms with E-state index in [0.717, 1.165) is 16.9 Å². The number of carbonyl (C=O) groups excluding carboxylic acids is 1. The lowest BCUT2D eigenvalue weighted by Gasteiger charge is -2.43. The molecular weight excluding hydrogens is 368 g/mol. The first kappa shape index (κ1) is 17.9. The molecule has 1 saturated heterocycles. The third-order valence-electron chi connectivity index (χ3n) is 5.23. The van der Waals surface area contributed by atoms with Crippen LogP contribution in [0.2, 0.25) is 0 Å². The molecule has 0 aliphatic carbocycles. The second-order valence-corrected chi connectivity index (χ2v) is 7.79. The first-order valence-corrected chi connectivity index (χ1v) is 9.64. The van der Waals surface area contributed by atoms with Crippen LogP contribution >= 0.6 is 11.3 Å². The van der Waals surface area contributed by atoms with E-state index in [9.17, 15) is 14.7 Å². The fourth-order valence-electron chi connectivity index (χ4n) is 3.81. The van der Waals surface area contributed by atoms with Crippen molar-refractivity contribution in [3.05, 3.63) is 45.3 Å². The van der Waals surface area contributed by atoms with E-state index >= 15 is 0 Å². The Morgan fingerprint density at radius 2 is 2.11 bits per heavy atom. The molecule has 2 aromatic rings. The Balaban J connectivity index is 1.52. The molecule has 1 fully saturated rings. The summed E-state index contributed by atoms with van der Waals surface area (Å²) in [6.45, 7) is 1.70. The van der Waals surface area contributed by atoms with Gasteiger partial charge in [-0.25, -0.2) is 9.78 Å².